The summed E-state index contributed by atoms with van der Waals surface area (Å²) in [7, 11) is 0. The Bertz CT molecular complexity index is 344. The molecule has 14 heavy (non-hydrogen) atoms. The van der Waals surface area contributed by atoms with Gasteiger partial charge in [0.05, 0.1) is 0 Å². The van der Waals surface area contributed by atoms with Crippen LogP contribution in [0.15, 0.2) is 18.2 Å². The maximum atomic E-state index is 13.1. The summed E-state index contributed by atoms with van der Waals surface area (Å²) in [6, 6.07) is 5.16. The molecule has 0 aliphatic carbocycles. The van der Waals surface area contributed by atoms with Crippen LogP contribution in [0.1, 0.15) is 25.0 Å². The molecule has 1 heterocycles. The van der Waals surface area contributed by atoms with Gasteiger partial charge in [-0.15, -0.1) is 0 Å². The first-order valence-corrected chi connectivity index (χ1v) is 5.09. The SMILES string of the molecule is CC1(C)CNCCc2cc(F)ccc21. The third-order valence-corrected chi connectivity index (χ3v) is 2.93. The maximum Gasteiger partial charge on any atom is 0.123 e. The summed E-state index contributed by atoms with van der Waals surface area (Å²) in [5.41, 5.74) is 2.54. The minimum atomic E-state index is -0.124. The van der Waals surface area contributed by atoms with Gasteiger partial charge in [0, 0.05) is 12.0 Å². The van der Waals surface area contributed by atoms with Crippen LogP contribution in [0, 0.1) is 5.82 Å². The van der Waals surface area contributed by atoms with E-state index in [1.54, 1.807) is 12.1 Å². The van der Waals surface area contributed by atoms with Crippen LogP contribution in [-0.4, -0.2) is 13.1 Å². The van der Waals surface area contributed by atoms with E-state index in [1.807, 2.05) is 6.07 Å². The van der Waals surface area contributed by atoms with Crippen LogP contribution in [0.3, 0.4) is 0 Å². The Kier molecular flexibility index (Phi) is 2.31. The van der Waals surface area contributed by atoms with E-state index in [4.69, 9.17) is 0 Å². The van der Waals surface area contributed by atoms with E-state index < -0.39 is 0 Å². The van der Waals surface area contributed by atoms with Gasteiger partial charge in [0.25, 0.3) is 0 Å². The minimum Gasteiger partial charge on any atom is -0.316 e. The Hall–Kier alpha value is -0.890. The average molecular weight is 193 g/mol. The average Bonchev–Trinajstić information content (AvgIpc) is 2.25. The molecular formula is C12H16FN. The number of halogens is 1. The molecule has 76 valence electrons. The van der Waals surface area contributed by atoms with Gasteiger partial charge >= 0.3 is 0 Å². The predicted octanol–water partition coefficient (Wildman–Crippen LogP) is 2.25. The normalized spacial score (nSPS) is 19.9. The van der Waals surface area contributed by atoms with Gasteiger partial charge in [0.2, 0.25) is 0 Å². The highest BCUT2D eigenvalue weighted by Gasteiger charge is 2.25. The van der Waals surface area contributed by atoms with Crippen LogP contribution in [0.25, 0.3) is 0 Å². The number of nitrogens with one attached hydrogen (secondary N) is 1. The second-order valence-corrected chi connectivity index (χ2v) is 4.61. The predicted molar refractivity (Wildman–Crippen MR) is 56.0 cm³/mol. The van der Waals surface area contributed by atoms with Crippen molar-refractivity contribution in [2.45, 2.75) is 25.7 Å². The Morgan fingerprint density at radius 1 is 1.36 bits per heavy atom. The summed E-state index contributed by atoms with van der Waals surface area (Å²) >= 11 is 0. The molecule has 1 aromatic rings. The first kappa shape index (κ1) is 9.66. The topological polar surface area (TPSA) is 12.0 Å². The third kappa shape index (κ3) is 1.67. The Balaban J connectivity index is 2.50. The first-order valence-electron chi connectivity index (χ1n) is 5.09. The van der Waals surface area contributed by atoms with Crippen molar-refractivity contribution in [3.05, 3.63) is 35.1 Å². The molecule has 1 aliphatic heterocycles. The number of fused-ring (bicyclic) bond motifs is 1. The summed E-state index contributed by atoms with van der Waals surface area (Å²) < 4.78 is 13.1. The summed E-state index contributed by atoms with van der Waals surface area (Å²) in [6.45, 7) is 6.30. The van der Waals surface area contributed by atoms with Gasteiger partial charge in [-0.3, -0.25) is 0 Å². The van der Waals surface area contributed by atoms with Gasteiger partial charge in [0.1, 0.15) is 5.82 Å². The van der Waals surface area contributed by atoms with Crippen LogP contribution in [0.4, 0.5) is 4.39 Å². The third-order valence-electron chi connectivity index (χ3n) is 2.93. The van der Waals surface area contributed by atoms with Crippen molar-refractivity contribution in [3.63, 3.8) is 0 Å². The van der Waals surface area contributed by atoms with Gasteiger partial charge in [-0.2, -0.15) is 0 Å². The van der Waals surface area contributed by atoms with Crippen LogP contribution >= 0.6 is 0 Å². The van der Waals surface area contributed by atoms with Crippen LogP contribution in [0.5, 0.6) is 0 Å². The number of rotatable bonds is 0. The lowest BCUT2D eigenvalue weighted by atomic mass is 9.82. The molecular weight excluding hydrogens is 177 g/mol. The van der Waals surface area contributed by atoms with E-state index in [0.29, 0.717) is 0 Å². The molecule has 2 heteroatoms. The fourth-order valence-electron chi connectivity index (χ4n) is 2.15. The molecule has 0 radical (unpaired) electrons. The number of hydrogen-bond acceptors (Lipinski definition) is 1. The second-order valence-electron chi connectivity index (χ2n) is 4.61. The lowest BCUT2D eigenvalue weighted by Crippen LogP contribution is -2.31. The van der Waals surface area contributed by atoms with E-state index in [9.17, 15) is 4.39 Å². The molecule has 0 aromatic heterocycles. The molecule has 0 bridgehead atoms. The molecule has 0 saturated heterocycles. The number of hydrogen-bond donors (Lipinski definition) is 1. The van der Waals surface area contributed by atoms with Gasteiger partial charge < -0.3 is 5.32 Å². The van der Waals surface area contributed by atoms with Crippen molar-refractivity contribution in [3.8, 4) is 0 Å². The highest BCUT2D eigenvalue weighted by atomic mass is 19.1. The fourth-order valence-corrected chi connectivity index (χ4v) is 2.15. The van der Waals surface area contributed by atoms with Crippen LogP contribution in [0.2, 0.25) is 0 Å². The zero-order valence-corrected chi connectivity index (χ0v) is 8.73. The molecule has 1 N–H and O–H groups in total. The van der Waals surface area contributed by atoms with Gasteiger partial charge in [-0.25, -0.2) is 4.39 Å². The Morgan fingerprint density at radius 2 is 2.14 bits per heavy atom. The lowest BCUT2D eigenvalue weighted by Gasteiger charge is -2.25. The molecule has 2 rings (SSSR count). The van der Waals surface area contributed by atoms with Crippen molar-refractivity contribution in [1.29, 1.82) is 0 Å². The molecule has 1 nitrogen and oxygen atoms in total. The summed E-state index contributed by atoms with van der Waals surface area (Å²) in [5.74, 6) is -0.124. The summed E-state index contributed by atoms with van der Waals surface area (Å²) in [4.78, 5) is 0. The Labute approximate surface area is 84.3 Å². The molecule has 0 amide bonds. The van der Waals surface area contributed by atoms with Crippen LogP contribution in [-0.2, 0) is 11.8 Å². The zero-order valence-electron chi connectivity index (χ0n) is 8.73. The minimum absolute atomic E-state index is 0.111. The zero-order chi connectivity index (χ0) is 10.2. The first-order chi connectivity index (χ1) is 6.59. The van der Waals surface area contributed by atoms with E-state index >= 15 is 0 Å². The standard InChI is InChI=1S/C12H16FN/c1-12(2)8-14-6-5-9-7-10(13)3-4-11(9)12/h3-4,7,14H,5-6,8H2,1-2H3. The quantitative estimate of drug-likeness (QED) is 0.666. The molecule has 1 aliphatic rings. The van der Waals surface area contributed by atoms with E-state index in [-0.39, 0.29) is 11.2 Å². The monoisotopic (exact) mass is 193 g/mol. The summed E-state index contributed by atoms with van der Waals surface area (Å²) in [5, 5.41) is 3.38. The van der Waals surface area contributed by atoms with Crippen molar-refractivity contribution in [1.82, 2.24) is 5.32 Å². The molecule has 0 spiro atoms. The second kappa shape index (κ2) is 3.35. The molecule has 0 saturated carbocycles. The number of benzene rings is 1. The molecule has 0 atom stereocenters. The highest BCUT2D eigenvalue weighted by Crippen LogP contribution is 2.28. The lowest BCUT2D eigenvalue weighted by molar-refractivity contribution is 0.487. The maximum absolute atomic E-state index is 13.1. The van der Waals surface area contributed by atoms with Crippen molar-refractivity contribution < 1.29 is 4.39 Å². The van der Waals surface area contributed by atoms with Crippen LogP contribution < -0.4 is 5.32 Å². The van der Waals surface area contributed by atoms with Gasteiger partial charge in [-0.1, -0.05) is 19.9 Å². The Morgan fingerprint density at radius 3 is 2.93 bits per heavy atom. The molecule has 0 fully saturated rings. The smallest absolute Gasteiger partial charge is 0.123 e. The van der Waals surface area contributed by atoms with Gasteiger partial charge in [0.15, 0.2) is 0 Å². The highest BCUT2D eigenvalue weighted by molar-refractivity contribution is 5.35. The summed E-state index contributed by atoms with van der Waals surface area (Å²) in [6.07, 6.45) is 0.927. The largest absolute Gasteiger partial charge is 0.316 e. The molecule has 0 unspecified atom stereocenters. The van der Waals surface area contributed by atoms with E-state index in [0.717, 1.165) is 25.1 Å². The van der Waals surface area contributed by atoms with Crippen molar-refractivity contribution in [2.24, 2.45) is 0 Å². The van der Waals surface area contributed by atoms with E-state index in [1.165, 1.54) is 5.56 Å². The van der Waals surface area contributed by atoms with Crippen molar-refractivity contribution in [2.75, 3.05) is 13.1 Å². The molecule has 1 aromatic carbocycles. The van der Waals surface area contributed by atoms with Crippen molar-refractivity contribution >= 4 is 0 Å². The van der Waals surface area contributed by atoms with E-state index in [2.05, 4.69) is 19.2 Å². The van der Waals surface area contributed by atoms with Gasteiger partial charge in [-0.05, 0) is 36.2 Å². The fraction of sp³-hybridized carbons (Fsp3) is 0.500.